The molecule has 0 atom stereocenters. The molecule has 6 heteroatoms. The lowest BCUT2D eigenvalue weighted by Crippen LogP contribution is -1.98. The van der Waals surface area contributed by atoms with Crippen LogP contribution in [0.5, 0.6) is 0 Å². The zero-order valence-corrected chi connectivity index (χ0v) is 38.8. The molecule has 334 valence electrons. The van der Waals surface area contributed by atoms with E-state index in [1.54, 1.807) is 0 Å². The number of rotatable bonds is 7. The molecule has 0 fully saturated rings. The number of para-hydroxylation sites is 2. The van der Waals surface area contributed by atoms with Crippen LogP contribution in [-0.2, 0) is 0 Å². The molecule has 0 saturated carbocycles. The zero-order valence-electron chi connectivity index (χ0n) is 38.8. The first-order valence-electron chi connectivity index (χ1n) is 24.2. The quantitative estimate of drug-likeness (QED) is 0.148. The predicted molar refractivity (Wildman–Crippen MR) is 296 cm³/mol. The smallest absolute Gasteiger partial charge is 0.161 e. The summed E-state index contributed by atoms with van der Waals surface area (Å²) in [5.74, 6) is 1.33. The number of aromatic nitrogens is 6. The van der Waals surface area contributed by atoms with E-state index in [1.807, 2.05) is 48.8 Å². The maximum absolute atomic E-state index is 5.32. The van der Waals surface area contributed by atoms with Gasteiger partial charge in [0, 0.05) is 56.5 Å². The average Bonchev–Trinajstić information content (AvgIpc) is 3.46. The van der Waals surface area contributed by atoms with Crippen LogP contribution < -0.4 is 0 Å². The van der Waals surface area contributed by atoms with Gasteiger partial charge in [0.05, 0.1) is 33.8 Å². The Morgan fingerprint density at radius 2 is 0.542 bits per heavy atom. The lowest BCUT2D eigenvalue weighted by molar-refractivity contribution is 1.18. The maximum Gasteiger partial charge on any atom is 0.161 e. The number of nitrogens with zero attached hydrogens (tertiary/aromatic N) is 6. The Kier molecular flexibility index (Phi) is 9.74. The first-order valence-corrected chi connectivity index (χ1v) is 24.2. The lowest BCUT2D eigenvalue weighted by Gasteiger charge is -2.14. The summed E-state index contributed by atoms with van der Waals surface area (Å²) < 4.78 is 0. The molecule has 0 radical (unpaired) electrons. The van der Waals surface area contributed by atoms with Crippen LogP contribution in [0.1, 0.15) is 0 Å². The van der Waals surface area contributed by atoms with Crippen LogP contribution in [0.15, 0.2) is 243 Å². The van der Waals surface area contributed by atoms with Crippen LogP contribution in [0.25, 0.3) is 144 Å². The fraction of sp³-hybridized carbons (Fsp3) is 0. The Hall–Kier alpha value is -9.78. The van der Waals surface area contributed by atoms with E-state index in [0.717, 1.165) is 111 Å². The van der Waals surface area contributed by atoms with E-state index in [-0.39, 0.29) is 0 Å². The molecule has 0 N–H and O–H groups in total. The predicted octanol–water partition coefficient (Wildman–Crippen LogP) is 16.6. The van der Waals surface area contributed by atoms with E-state index >= 15 is 0 Å². The SMILES string of the molecule is c1ccc2ncc(-c3cc(-c4ccc(-c5ccc(-c6cc(-c7cnc8ccccc8c7)nc(-c7cc8ccccc8c8ccccc78)n6)cc5)cc4)nc(-c4cc5ccccc5c5ccccc45)n3)cc2c1. The molecule has 0 spiro atoms. The van der Waals surface area contributed by atoms with Crippen molar-refractivity contribution >= 4 is 64.9 Å². The third-order valence-corrected chi connectivity index (χ3v) is 13.9. The second-order valence-electron chi connectivity index (χ2n) is 18.3. The Labute approximate surface area is 414 Å². The van der Waals surface area contributed by atoms with Crippen molar-refractivity contribution in [3.63, 3.8) is 0 Å². The van der Waals surface area contributed by atoms with Gasteiger partial charge in [0.25, 0.3) is 0 Å². The zero-order chi connectivity index (χ0) is 47.5. The monoisotopic (exact) mass is 916 g/mol. The van der Waals surface area contributed by atoms with Crippen molar-refractivity contribution in [1.82, 2.24) is 29.9 Å². The van der Waals surface area contributed by atoms with Crippen molar-refractivity contribution < 1.29 is 0 Å². The van der Waals surface area contributed by atoms with Crippen molar-refractivity contribution in [2.75, 3.05) is 0 Å². The average molecular weight is 917 g/mol. The highest BCUT2D eigenvalue weighted by molar-refractivity contribution is 6.14. The molecular weight excluding hydrogens is 877 g/mol. The Bertz CT molecular complexity index is 4160. The first-order chi connectivity index (χ1) is 35.6. The van der Waals surface area contributed by atoms with Gasteiger partial charge < -0.3 is 0 Å². The normalized spacial score (nSPS) is 11.6. The highest BCUT2D eigenvalue weighted by Gasteiger charge is 2.18. The van der Waals surface area contributed by atoms with Crippen molar-refractivity contribution in [1.29, 1.82) is 0 Å². The summed E-state index contributed by atoms with van der Waals surface area (Å²) in [5.41, 5.74) is 13.2. The minimum Gasteiger partial charge on any atom is -0.256 e. The van der Waals surface area contributed by atoms with Crippen LogP contribution in [-0.4, -0.2) is 29.9 Å². The second-order valence-corrected chi connectivity index (χ2v) is 18.3. The minimum absolute atomic E-state index is 0.666. The summed E-state index contributed by atoms with van der Waals surface area (Å²) in [6.07, 6.45) is 3.83. The van der Waals surface area contributed by atoms with E-state index in [2.05, 4.69) is 194 Å². The van der Waals surface area contributed by atoms with Gasteiger partial charge in [-0.2, -0.15) is 0 Å². The lowest BCUT2D eigenvalue weighted by atomic mass is 9.96. The largest absolute Gasteiger partial charge is 0.256 e. The standard InChI is InChI=1S/C66H40N6/c1-5-17-51-45(13-1)35-57(55-21-9-7-19-53(51)55)65-69-61(37-63(71-65)49-33-47-15-3-11-23-59(47)67-39-49)43-29-25-41(26-30-43)42-27-31-44(32-28-42)62-38-64(50-34-48-16-4-12-24-60(48)68-40-50)72-66(70-62)58-36-46-14-2-6-18-52(46)54-20-8-10-22-56(54)58/h1-40H. The van der Waals surface area contributed by atoms with Crippen molar-refractivity contribution in [2.24, 2.45) is 0 Å². The van der Waals surface area contributed by atoms with Crippen LogP contribution in [0.3, 0.4) is 0 Å². The van der Waals surface area contributed by atoms with Gasteiger partial charge in [-0.25, -0.2) is 19.9 Å². The molecule has 0 aliphatic rings. The highest BCUT2D eigenvalue weighted by atomic mass is 14.9. The molecule has 10 aromatic carbocycles. The number of benzene rings is 10. The van der Waals surface area contributed by atoms with Gasteiger partial charge in [0.2, 0.25) is 0 Å². The Balaban J connectivity index is 0.851. The summed E-state index contributed by atoms with van der Waals surface area (Å²) in [6, 6.07) is 80.8. The molecule has 4 heterocycles. The first kappa shape index (κ1) is 41.2. The maximum atomic E-state index is 5.32. The molecule has 6 nitrogen and oxygen atoms in total. The van der Waals surface area contributed by atoms with E-state index in [9.17, 15) is 0 Å². The Morgan fingerprint density at radius 1 is 0.222 bits per heavy atom. The van der Waals surface area contributed by atoms with E-state index in [4.69, 9.17) is 29.9 Å². The molecule has 0 bridgehead atoms. The molecule has 0 amide bonds. The van der Waals surface area contributed by atoms with Gasteiger partial charge in [0.1, 0.15) is 0 Å². The van der Waals surface area contributed by atoms with Crippen molar-refractivity contribution in [3.05, 3.63) is 243 Å². The summed E-state index contributed by atoms with van der Waals surface area (Å²) in [5, 5.41) is 11.4. The van der Waals surface area contributed by atoms with Gasteiger partial charge in [-0.1, -0.05) is 182 Å². The third-order valence-electron chi connectivity index (χ3n) is 13.9. The molecule has 0 aliphatic heterocycles. The fourth-order valence-corrected chi connectivity index (χ4v) is 10.3. The van der Waals surface area contributed by atoms with Crippen LogP contribution in [0, 0.1) is 0 Å². The fourth-order valence-electron chi connectivity index (χ4n) is 10.3. The van der Waals surface area contributed by atoms with E-state index in [0.29, 0.717) is 11.6 Å². The molecule has 72 heavy (non-hydrogen) atoms. The number of fused-ring (bicyclic) bond motifs is 8. The van der Waals surface area contributed by atoms with Gasteiger partial charge in [-0.05, 0) is 103 Å². The highest BCUT2D eigenvalue weighted by Crippen LogP contribution is 2.39. The van der Waals surface area contributed by atoms with Crippen molar-refractivity contribution in [3.8, 4) is 78.9 Å². The number of hydrogen-bond donors (Lipinski definition) is 0. The molecular formula is C66H40N6. The molecule has 0 saturated heterocycles. The molecule has 14 rings (SSSR count). The van der Waals surface area contributed by atoms with Crippen molar-refractivity contribution in [2.45, 2.75) is 0 Å². The van der Waals surface area contributed by atoms with Crippen LogP contribution in [0.4, 0.5) is 0 Å². The van der Waals surface area contributed by atoms with Crippen LogP contribution >= 0.6 is 0 Å². The summed E-state index contributed by atoms with van der Waals surface area (Å²) in [6.45, 7) is 0. The molecule has 0 unspecified atom stereocenters. The molecule has 14 aromatic rings. The third kappa shape index (κ3) is 7.29. The van der Waals surface area contributed by atoms with Gasteiger partial charge >= 0.3 is 0 Å². The summed E-state index contributed by atoms with van der Waals surface area (Å²) >= 11 is 0. The number of hydrogen-bond acceptors (Lipinski definition) is 6. The molecule has 4 aromatic heterocycles. The van der Waals surface area contributed by atoms with Gasteiger partial charge in [-0.15, -0.1) is 0 Å². The Morgan fingerprint density at radius 3 is 0.958 bits per heavy atom. The van der Waals surface area contributed by atoms with E-state index in [1.165, 1.54) is 21.5 Å². The summed E-state index contributed by atoms with van der Waals surface area (Å²) in [4.78, 5) is 30.8. The summed E-state index contributed by atoms with van der Waals surface area (Å²) in [7, 11) is 0. The van der Waals surface area contributed by atoms with Gasteiger partial charge in [-0.3, -0.25) is 9.97 Å². The second kappa shape index (κ2) is 17.0. The van der Waals surface area contributed by atoms with E-state index < -0.39 is 0 Å². The topological polar surface area (TPSA) is 77.3 Å². The molecule has 0 aliphatic carbocycles. The number of pyridine rings is 2. The van der Waals surface area contributed by atoms with Gasteiger partial charge in [0.15, 0.2) is 11.6 Å². The van der Waals surface area contributed by atoms with Crippen LogP contribution in [0.2, 0.25) is 0 Å². The minimum atomic E-state index is 0.666.